The van der Waals surface area contributed by atoms with Crippen LogP contribution in [0.5, 0.6) is 0 Å². The van der Waals surface area contributed by atoms with Crippen LogP contribution in [-0.2, 0) is 23.1 Å². The minimum atomic E-state index is -4.61. The van der Waals surface area contributed by atoms with Crippen LogP contribution in [0.25, 0.3) is 39.7 Å². The van der Waals surface area contributed by atoms with Crippen molar-refractivity contribution >= 4 is 26.6 Å². The maximum absolute atomic E-state index is 13.2. The van der Waals surface area contributed by atoms with Gasteiger partial charge in [0.25, 0.3) is 0 Å². The van der Waals surface area contributed by atoms with Gasteiger partial charge in [0, 0.05) is 31.8 Å². The van der Waals surface area contributed by atoms with Gasteiger partial charge in [0.05, 0.1) is 11.3 Å². The Bertz CT molecular complexity index is 1660. The molecule has 0 N–H and O–H groups in total. The Kier molecular flexibility index (Phi) is 4.86. The number of nitrogens with zero attached hydrogens (tertiary/aromatic N) is 8. The maximum atomic E-state index is 13.2. The molecule has 34 heavy (non-hydrogen) atoms. The molecule has 0 aliphatic carbocycles. The number of aromatic nitrogens is 8. The third-order valence-electron chi connectivity index (χ3n) is 5.22. The molecule has 0 amide bonds. The van der Waals surface area contributed by atoms with Crippen LogP contribution in [0.1, 0.15) is 12.5 Å². The molecule has 0 radical (unpaired) electrons. The van der Waals surface area contributed by atoms with Crippen molar-refractivity contribution in [3.05, 3.63) is 48.5 Å². The maximum Gasteiger partial charge on any atom is 0.417 e. The molecule has 5 aromatic rings. The summed E-state index contributed by atoms with van der Waals surface area (Å²) in [6, 6.07) is 4.07. The molecule has 0 aromatic carbocycles. The third-order valence-corrected chi connectivity index (χ3v) is 6.85. The summed E-state index contributed by atoms with van der Waals surface area (Å²) >= 11 is 0. The monoisotopic (exact) mass is 488 g/mol. The first-order valence-electron chi connectivity index (χ1n) is 9.89. The normalized spacial score (nSPS) is 12.6. The third kappa shape index (κ3) is 3.37. The standard InChI is InChI=1S/C20H15F3N8O2S/c1-3-34(32,33)19-14(17-26-8-5-13(31(17)29-19)15-24-6-4-7-25-15)18-28-12-9-11(20(21,22)23)10-27-16(12)30(18)2/h4-10H,3H2,1-2H3. The Hall–Kier alpha value is -3.94. The lowest BCUT2D eigenvalue weighted by atomic mass is 10.2. The lowest BCUT2D eigenvalue weighted by Crippen LogP contribution is -2.07. The van der Waals surface area contributed by atoms with Gasteiger partial charge in [0.2, 0.25) is 0 Å². The highest BCUT2D eigenvalue weighted by atomic mass is 32.2. The van der Waals surface area contributed by atoms with Gasteiger partial charge in [-0.15, -0.1) is 0 Å². The Labute approximate surface area is 190 Å². The smallest absolute Gasteiger partial charge is 0.312 e. The van der Waals surface area contributed by atoms with E-state index in [1.54, 1.807) is 12.1 Å². The molecule has 10 nitrogen and oxygen atoms in total. The molecule has 0 saturated heterocycles. The van der Waals surface area contributed by atoms with Crippen LogP contribution in [0.3, 0.4) is 0 Å². The van der Waals surface area contributed by atoms with E-state index in [2.05, 4.69) is 30.0 Å². The topological polar surface area (TPSA) is 121 Å². The molecule has 0 aliphatic heterocycles. The first kappa shape index (κ1) is 21.9. The molecule has 0 unspecified atom stereocenters. The highest BCUT2D eigenvalue weighted by molar-refractivity contribution is 7.91. The highest BCUT2D eigenvalue weighted by Crippen LogP contribution is 2.35. The second-order valence-corrected chi connectivity index (χ2v) is 9.47. The number of alkyl halides is 3. The molecule has 0 bridgehead atoms. The number of pyridine rings is 1. The number of halogens is 3. The van der Waals surface area contributed by atoms with E-state index in [-0.39, 0.29) is 44.8 Å². The van der Waals surface area contributed by atoms with Crippen molar-refractivity contribution in [2.75, 3.05) is 5.75 Å². The Balaban J connectivity index is 1.85. The molecular weight excluding hydrogens is 473 g/mol. The quantitative estimate of drug-likeness (QED) is 0.379. The van der Waals surface area contributed by atoms with Gasteiger partial charge in [0.15, 0.2) is 32.0 Å². The minimum Gasteiger partial charge on any atom is -0.312 e. The van der Waals surface area contributed by atoms with Crippen molar-refractivity contribution in [1.29, 1.82) is 0 Å². The molecule has 174 valence electrons. The second kappa shape index (κ2) is 7.55. The number of imidazole rings is 1. The van der Waals surface area contributed by atoms with Crippen molar-refractivity contribution in [1.82, 2.24) is 39.1 Å². The van der Waals surface area contributed by atoms with Gasteiger partial charge in [0.1, 0.15) is 22.6 Å². The summed E-state index contributed by atoms with van der Waals surface area (Å²) in [7, 11) is -2.36. The van der Waals surface area contributed by atoms with E-state index in [1.807, 2.05) is 0 Å². The summed E-state index contributed by atoms with van der Waals surface area (Å²) in [5, 5.41) is 4.00. The van der Waals surface area contributed by atoms with E-state index in [4.69, 9.17) is 0 Å². The summed E-state index contributed by atoms with van der Waals surface area (Å²) < 4.78 is 68.2. The zero-order chi connectivity index (χ0) is 24.3. The lowest BCUT2D eigenvalue weighted by molar-refractivity contribution is -0.137. The van der Waals surface area contributed by atoms with Gasteiger partial charge in [-0.3, -0.25) is 0 Å². The Morgan fingerprint density at radius 1 is 1.03 bits per heavy atom. The van der Waals surface area contributed by atoms with Gasteiger partial charge in [-0.25, -0.2) is 37.9 Å². The highest BCUT2D eigenvalue weighted by Gasteiger charge is 2.33. The van der Waals surface area contributed by atoms with E-state index < -0.39 is 21.6 Å². The van der Waals surface area contributed by atoms with Crippen molar-refractivity contribution in [3.8, 4) is 22.9 Å². The average Bonchev–Trinajstić information content (AvgIpc) is 3.37. The fourth-order valence-electron chi connectivity index (χ4n) is 3.53. The number of rotatable bonds is 4. The van der Waals surface area contributed by atoms with E-state index in [0.29, 0.717) is 11.9 Å². The van der Waals surface area contributed by atoms with E-state index in [9.17, 15) is 21.6 Å². The average molecular weight is 488 g/mol. The number of fused-ring (bicyclic) bond motifs is 2. The summed E-state index contributed by atoms with van der Waals surface area (Å²) in [6.45, 7) is 1.46. The van der Waals surface area contributed by atoms with E-state index >= 15 is 0 Å². The van der Waals surface area contributed by atoms with Gasteiger partial charge in [-0.05, 0) is 18.2 Å². The van der Waals surface area contributed by atoms with Crippen molar-refractivity contribution in [2.24, 2.45) is 7.05 Å². The van der Waals surface area contributed by atoms with Gasteiger partial charge in [-0.1, -0.05) is 6.92 Å². The van der Waals surface area contributed by atoms with Crippen LogP contribution in [-0.4, -0.2) is 53.3 Å². The molecule has 0 fully saturated rings. The Morgan fingerprint density at radius 2 is 1.76 bits per heavy atom. The summed E-state index contributed by atoms with van der Waals surface area (Å²) in [5.41, 5.74) is -0.313. The van der Waals surface area contributed by atoms with E-state index in [1.165, 1.54) is 41.6 Å². The molecule has 0 aliphatic rings. The summed E-state index contributed by atoms with van der Waals surface area (Å²) in [6.07, 6.45) is 0.593. The largest absolute Gasteiger partial charge is 0.417 e. The van der Waals surface area contributed by atoms with Gasteiger partial charge >= 0.3 is 6.18 Å². The molecule has 0 atom stereocenters. The van der Waals surface area contributed by atoms with Gasteiger partial charge in [-0.2, -0.15) is 18.3 Å². The SMILES string of the molecule is CCS(=O)(=O)c1nn2c(-c3ncccn3)ccnc2c1-c1nc2cc(C(F)(F)F)cnc2n1C. The van der Waals surface area contributed by atoms with Crippen molar-refractivity contribution < 1.29 is 21.6 Å². The molecule has 5 rings (SSSR count). The molecule has 5 heterocycles. The van der Waals surface area contributed by atoms with Crippen molar-refractivity contribution in [2.45, 2.75) is 18.1 Å². The number of sulfone groups is 1. The summed E-state index contributed by atoms with van der Waals surface area (Å²) in [5.74, 6) is 0.0786. The lowest BCUT2D eigenvalue weighted by Gasteiger charge is -2.05. The fraction of sp³-hybridized carbons (Fsp3) is 0.200. The predicted molar refractivity (Wildman–Crippen MR) is 114 cm³/mol. The van der Waals surface area contributed by atoms with Gasteiger partial charge < -0.3 is 4.57 Å². The number of aryl methyl sites for hydroxylation is 1. The van der Waals surface area contributed by atoms with Crippen LogP contribution < -0.4 is 0 Å². The van der Waals surface area contributed by atoms with Crippen LogP contribution >= 0.6 is 0 Å². The fourth-order valence-corrected chi connectivity index (χ4v) is 4.50. The van der Waals surface area contributed by atoms with Crippen LogP contribution in [0, 0.1) is 0 Å². The Morgan fingerprint density at radius 3 is 2.44 bits per heavy atom. The predicted octanol–water partition coefficient (Wildman–Crippen LogP) is 2.95. The first-order valence-corrected chi connectivity index (χ1v) is 11.5. The summed E-state index contributed by atoms with van der Waals surface area (Å²) in [4.78, 5) is 20.9. The zero-order valence-electron chi connectivity index (χ0n) is 17.7. The van der Waals surface area contributed by atoms with Crippen LogP contribution in [0.4, 0.5) is 13.2 Å². The van der Waals surface area contributed by atoms with Crippen molar-refractivity contribution in [3.63, 3.8) is 0 Å². The minimum absolute atomic E-state index is 0.0472. The number of hydrogen-bond donors (Lipinski definition) is 0. The molecule has 0 saturated carbocycles. The van der Waals surface area contributed by atoms with E-state index in [0.717, 1.165) is 6.07 Å². The molecule has 0 spiro atoms. The molecule has 14 heteroatoms. The number of hydrogen-bond acceptors (Lipinski definition) is 8. The van der Waals surface area contributed by atoms with Crippen LogP contribution in [0.15, 0.2) is 48.0 Å². The molecule has 5 aromatic heterocycles. The molecular formula is C20H15F3N8O2S. The zero-order valence-corrected chi connectivity index (χ0v) is 18.5. The second-order valence-electron chi connectivity index (χ2n) is 7.28. The van der Waals surface area contributed by atoms with Crippen LogP contribution in [0.2, 0.25) is 0 Å². The first-order chi connectivity index (χ1) is 16.1.